The fourth-order valence-corrected chi connectivity index (χ4v) is 12.1. The van der Waals surface area contributed by atoms with Crippen LogP contribution >= 0.6 is 0 Å². The summed E-state index contributed by atoms with van der Waals surface area (Å²) < 4.78 is 105. The first-order valence-electron chi connectivity index (χ1n) is 24.7. The Labute approximate surface area is 521 Å². The van der Waals surface area contributed by atoms with Crippen LogP contribution in [-0.2, 0) is 67.1 Å². The number of hydrogen-bond acceptors (Lipinski definition) is 20. The maximum Gasteiger partial charge on any atom is 1.00 e. The number of benzene rings is 4. The first-order valence-corrected chi connectivity index (χ1v) is 31.6. The van der Waals surface area contributed by atoms with E-state index in [2.05, 4.69) is 46.7 Å². The van der Waals surface area contributed by atoms with Crippen molar-refractivity contribution in [2.24, 2.45) is 5.34 Å². The molecule has 26 nitrogen and oxygen atoms in total. The van der Waals surface area contributed by atoms with Gasteiger partial charge in [-0.3, -0.25) is 19.2 Å². The summed E-state index contributed by atoms with van der Waals surface area (Å²) in [6.07, 6.45) is 8.33. The molecular formula is C51H64KN11O15S4. The molecule has 438 valence electrons. The molecule has 0 saturated carbocycles. The summed E-state index contributed by atoms with van der Waals surface area (Å²) in [6.45, 7) is 4.06. The van der Waals surface area contributed by atoms with Crippen molar-refractivity contribution < 1.29 is 109 Å². The Balaban J connectivity index is 0.000000356. The van der Waals surface area contributed by atoms with Crippen LogP contribution in [-0.4, -0.2) is 132 Å². The van der Waals surface area contributed by atoms with Crippen molar-refractivity contribution >= 4 is 51.8 Å². The summed E-state index contributed by atoms with van der Waals surface area (Å²) in [4.78, 5) is 20.9. The van der Waals surface area contributed by atoms with Gasteiger partial charge >= 0.3 is 61.8 Å². The van der Waals surface area contributed by atoms with Crippen molar-refractivity contribution in [3.63, 3.8) is 0 Å². The van der Waals surface area contributed by atoms with E-state index in [1.54, 1.807) is 24.3 Å². The number of piperidine rings is 4. The van der Waals surface area contributed by atoms with Crippen LogP contribution < -0.4 is 67.7 Å². The first kappa shape index (κ1) is 72.7. The predicted molar refractivity (Wildman–Crippen MR) is 296 cm³/mol. The molecule has 31 heteroatoms. The maximum atomic E-state index is 11.5. The van der Waals surface area contributed by atoms with Crippen LogP contribution in [0.4, 0.5) is 11.4 Å². The average Bonchev–Trinajstić information content (AvgIpc) is 3.67. The largest absolute Gasteiger partial charge is 1.00 e. The van der Waals surface area contributed by atoms with Crippen LogP contribution in [0.15, 0.2) is 115 Å². The van der Waals surface area contributed by atoms with Gasteiger partial charge in [0.25, 0.3) is 5.69 Å². The summed E-state index contributed by atoms with van der Waals surface area (Å²) in [5.41, 5.74) is 7.88. The minimum atomic E-state index is -4.67. The van der Waals surface area contributed by atoms with Gasteiger partial charge in [-0.15, -0.1) is 4.91 Å². The molecule has 0 aromatic heterocycles. The zero-order valence-electron chi connectivity index (χ0n) is 45.6. The smallest absolute Gasteiger partial charge is 0.635 e. The van der Waals surface area contributed by atoms with Crippen LogP contribution in [0.1, 0.15) is 73.6 Å². The monoisotopic (exact) mass is 1240 g/mol. The van der Waals surface area contributed by atoms with E-state index in [9.17, 15) is 56.4 Å². The zero-order chi connectivity index (χ0) is 60.8. The van der Waals surface area contributed by atoms with Gasteiger partial charge in [-0.25, -0.2) is 38.2 Å². The second kappa shape index (κ2) is 32.6. The van der Waals surface area contributed by atoms with Gasteiger partial charge < -0.3 is 21.3 Å². The van der Waals surface area contributed by atoms with Crippen molar-refractivity contribution in [2.45, 2.75) is 73.0 Å². The summed E-state index contributed by atoms with van der Waals surface area (Å²) in [7, 11) is -14.2. The molecule has 4 heterocycles. The second-order valence-electron chi connectivity index (χ2n) is 19.3. The Kier molecular flexibility index (Phi) is 28.9. The van der Waals surface area contributed by atoms with E-state index < -0.39 is 61.6 Å². The van der Waals surface area contributed by atoms with E-state index in [-0.39, 0.29) is 75.6 Å². The topological polar surface area (TPSA) is 425 Å². The molecule has 0 spiro atoms. The molecule has 8 rings (SSSR count). The number of nitro benzene ring substituents is 1. The van der Waals surface area contributed by atoms with Gasteiger partial charge in [-0.05, 0) is 98.8 Å². The van der Waals surface area contributed by atoms with Crippen LogP contribution in [0.5, 0.6) is 0 Å². The number of nitro groups is 1. The molecule has 4 aromatic rings. The van der Waals surface area contributed by atoms with Crippen LogP contribution in [0.3, 0.4) is 0 Å². The number of nitrogens with one attached hydrogen (secondary N) is 1. The van der Waals surface area contributed by atoms with Crippen molar-refractivity contribution in [3.8, 4) is 24.3 Å². The van der Waals surface area contributed by atoms with Gasteiger partial charge in [0.2, 0.25) is 30.1 Å². The molecular weight excluding hydrogens is 1170 g/mol. The van der Waals surface area contributed by atoms with Gasteiger partial charge in [0.05, 0.1) is 69.6 Å². The number of non-ortho nitro benzene ring substituents is 1. The summed E-state index contributed by atoms with van der Waals surface area (Å²) >= 11 is 0. The molecule has 0 atom stereocenters. The van der Waals surface area contributed by atoms with Gasteiger partial charge in [-0.2, -0.15) is 29.5 Å². The molecule has 0 bridgehead atoms. The Morgan fingerprint density at radius 3 is 1.01 bits per heavy atom. The zero-order valence-corrected chi connectivity index (χ0v) is 52.0. The second-order valence-corrected chi connectivity index (χ2v) is 26.1. The summed E-state index contributed by atoms with van der Waals surface area (Å²) in [5, 5.41) is 61.5. The number of nitriles is 4. The molecule has 0 aliphatic carbocycles. The molecule has 4 aliphatic rings. The fraction of sp³-hybridized carbons (Fsp3) is 0.451. The molecule has 0 unspecified atom stereocenters. The summed E-state index contributed by atoms with van der Waals surface area (Å²) in [6, 6.07) is 42.4. The third kappa shape index (κ3) is 22.0. The Morgan fingerprint density at radius 2 is 0.780 bits per heavy atom. The normalized spacial score (nSPS) is 18.2. The van der Waals surface area contributed by atoms with E-state index in [0.29, 0.717) is 76.0 Å². The van der Waals surface area contributed by atoms with E-state index in [0.717, 1.165) is 43.3 Å². The Hall–Kier alpha value is -5.40. The predicted octanol–water partition coefficient (Wildman–Crippen LogP) is 1.14. The van der Waals surface area contributed by atoms with Crippen molar-refractivity contribution in [2.75, 3.05) is 76.9 Å². The van der Waals surface area contributed by atoms with Gasteiger partial charge in [0.15, 0.2) is 0 Å². The Bertz CT molecular complexity index is 3330. The van der Waals surface area contributed by atoms with E-state index in [4.69, 9.17) is 33.4 Å². The number of sulfonamides is 3. The third-order valence-corrected chi connectivity index (χ3v) is 18.1. The molecule has 4 aliphatic heterocycles. The van der Waals surface area contributed by atoms with Crippen molar-refractivity contribution in [1.82, 2.24) is 18.2 Å². The standard InChI is InChI=1S/C13H15N3O4S.C13H17N3O2S.C13H16N2O2S.C12H14N2.K.HNO3.H2O4S/c1-21(19,20)15-8-6-13(10-14,7-9-15)11-2-4-12(5-3-11)16(17)18;1-19(17,18)16-8-6-13(10-14,7-9-16)11-2-4-12(15)5-3-11;1-18(16,17)15-9-7-13(11-14,8-10-15)12-5-3-2-4-6-12;13-10-12(6-8-14-9-7-12)11-4-2-1-3-5-11;;2-1-4-3;1-5(2,3)4/h2-5H,6-9H2,1H3;2-5H,6-9,15H2,1H3;2-6H,7-10H2,1H3;1-5,14H,6-9H2;;3H;(H2,1,2,3,4)/q;;;;+1;;/p-1. The van der Waals surface area contributed by atoms with Crippen LogP contribution in [0, 0.1) is 60.3 Å². The molecule has 0 amide bonds. The van der Waals surface area contributed by atoms with Crippen molar-refractivity contribution in [1.29, 1.82) is 21.0 Å². The number of nitrogens with zero attached hydrogens (tertiary/aromatic N) is 9. The van der Waals surface area contributed by atoms with E-state index >= 15 is 0 Å². The van der Waals surface area contributed by atoms with E-state index in [1.165, 1.54) is 48.5 Å². The number of nitrogen functional groups attached to an aromatic ring is 1. The number of hydrogen-bond donors (Lipinski definition) is 4. The van der Waals surface area contributed by atoms with Crippen molar-refractivity contribution in [3.05, 3.63) is 146 Å². The van der Waals surface area contributed by atoms with Gasteiger partial charge in [-0.1, -0.05) is 84.9 Å². The van der Waals surface area contributed by atoms with Crippen LogP contribution in [0.25, 0.3) is 0 Å². The number of nitrogens with two attached hydrogens (primary N) is 1. The quantitative estimate of drug-likeness (QED) is 0.0347. The van der Waals surface area contributed by atoms with Gasteiger partial charge in [0.1, 0.15) is 5.34 Å². The van der Waals surface area contributed by atoms with E-state index in [1.807, 2.05) is 60.7 Å². The average molecular weight is 1240 g/mol. The maximum absolute atomic E-state index is 11.5. The minimum absolute atomic E-state index is 0. The SMILES string of the molecule is CS(=O)(=O)N1CCC(C#N)(c2ccc(N)cc2)CC1.CS(=O)(=O)N1CCC(C#N)(c2ccc([N+](=O)[O-])cc2)CC1.CS(=O)(=O)N1CCC(C#N)(c2ccccc2)CC1.N#CC1(c2ccccc2)CCNCC1.O=NO[O-].O=S(=O)(O)O.[K+]. The fourth-order valence-electron chi connectivity index (χ4n) is 9.53. The molecule has 4 aromatic carbocycles. The molecule has 4 saturated heterocycles. The first-order chi connectivity index (χ1) is 37.9. The Morgan fingerprint density at radius 1 is 0.537 bits per heavy atom. The molecule has 82 heavy (non-hydrogen) atoms. The van der Waals surface area contributed by atoms with Crippen LogP contribution in [0.2, 0.25) is 0 Å². The number of anilines is 1. The minimum Gasteiger partial charge on any atom is -0.635 e. The number of rotatable bonds is 9. The molecule has 5 N–H and O–H groups in total. The molecule has 0 radical (unpaired) electrons. The summed E-state index contributed by atoms with van der Waals surface area (Å²) in [5.74, 6) is 0. The molecule has 4 fully saturated rings. The van der Waals surface area contributed by atoms with Gasteiger partial charge in [0, 0.05) is 57.1 Å². The third-order valence-electron chi connectivity index (χ3n) is 14.2.